The van der Waals surface area contributed by atoms with Crippen LogP contribution in [0.1, 0.15) is 144 Å². The average molecular weight is 1080 g/mol. The van der Waals surface area contributed by atoms with E-state index in [-0.39, 0.29) is 37.7 Å². The Morgan fingerprint density at radius 1 is 0.960 bits per heavy atom. The molecule has 4 aliphatic rings. The van der Waals surface area contributed by atoms with E-state index in [2.05, 4.69) is 22.4 Å². The molecule has 1 aliphatic carbocycles. The molecular formula is C55H92FN5O13S. The maximum atomic E-state index is 14.9. The predicted molar refractivity (Wildman–Crippen MR) is 282 cm³/mol. The molecule has 0 amide bonds. The van der Waals surface area contributed by atoms with Crippen LogP contribution in [0.25, 0.3) is 0 Å². The van der Waals surface area contributed by atoms with Crippen molar-refractivity contribution in [1.82, 2.24) is 24.8 Å². The Hall–Kier alpha value is -2.41. The van der Waals surface area contributed by atoms with Gasteiger partial charge >= 0.3 is 5.97 Å². The van der Waals surface area contributed by atoms with Gasteiger partial charge in [-0.1, -0.05) is 44.0 Å². The Labute approximate surface area is 449 Å². The second-order valence-corrected chi connectivity index (χ2v) is 24.5. The van der Waals surface area contributed by atoms with E-state index in [4.69, 9.17) is 33.2 Å². The van der Waals surface area contributed by atoms with Gasteiger partial charge in [-0.05, 0) is 118 Å². The Kier molecular flexibility index (Phi) is 22.0. The second-order valence-electron chi connectivity index (χ2n) is 23.1. The maximum absolute atomic E-state index is 14.9. The normalized spacial score (nSPS) is 39.2. The van der Waals surface area contributed by atoms with Gasteiger partial charge in [-0.15, -0.1) is 16.9 Å². The van der Waals surface area contributed by atoms with Gasteiger partial charge in [0.25, 0.3) is 0 Å². The zero-order valence-electron chi connectivity index (χ0n) is 46.9. The number of halogens is 1. The monoisotopic (exact) mass is 1080 g/mol. The van der Waals surface area contributed by atoms with Gasteiger partial charge in [-0.3, -0.25) is 4.79 Å². The summed E-state index contributed by atoms with van der Waals surface area (Å²) >= 11 is 1.90. The molecule has 4 heterocycles. The van der Waals surface area contributed by atoms with Gasteiger partial charge in [0.15, 0.2) is 12.6 Å². The summed E-state index contributed by atoms with van der Waals surface area (Å²) in [4.78, 5) is 19.5. The predicted octanol–water partition coefficient (Wildman–Crippen LogP) is 5.79. The number of carbonyl (C=O) groups excluding carboxylic acids is 1. The number of carbonyl (C=O) groups is 1. The molecule has 0 bridgehead atoms. The van der Waals surface area contributed by atoms with Crippen LogP contribution in [0.5, 0.6) is 0 Å². The van der Waals surface area contributed by atoms with Crippen LogP contribution in [0.2, 0.25) is 0 Å². The van der Waals surface area contributed by atoms with E-state index >= 15 is 0 Å². The van der Waals surface area contributed by atoms with Crippen LogP contribution in [-0.2, 0) is 44.4 Å². The Bertz CT molecular complexity index is 2070. The lowest BCUT2D eigenvalue weighted by atomic mass is 9.83. The number of hydrogen-bond donors (Lipinski definition) is 5. The van der Waals surface area contributed by atoms with Crippen LogP contribution < -0.4 is 0 Å². The number of cyclic esters (lactones) is 1. The molecule has 0 radical (unpaired) electrons. The second kappa shape index (κ2) is 26.7. The fourth-order valence-corrected chi connectivity index (χ4v) is 13.1. The molecule has 1 aromatic carbocycles. The van der Waals surface area contributed by atoms with E-state index in [1.165, 1.54) is 49.3 Å². The Morgan fingerprint density at radius 2 is 1.64 bits per heavy atom. The first-order valence-electron chi connectivity index (χ1n) is 27.4. The van der Waals surface area contributed by atoms with Crippen LogP contribution in [0, 0.1) is 11.8 Å². The standard InChI is InChI=1S/C55H92FN5O13S/c1-14-44-55(9,67)49(63)35(5)60(11)30-32(2)27-53(7,66)45(26-43(34(4)51(65)73-44)72-46-28-54(8,69-13)50(64)36(6)71-46)74-52-47(62)41(25-33(3)70-52)59(10)24-23-38-31-61(58-57-38)42(29-56)48(68-12)37-19-21-40(22-20-37)75-39-17-15-16-18-39/h19-22,31-36,39,41-50,52,62-64,66-67H,14-18,23-30H2,1-13H3/t32-,33-,34-,35-,36+,41+,42-,43+,44-,45-,46+,47-,48-,49-,50+,52+,53-,54-,55-/m1/s1. The first-order chi connectivity index (χ1) is 35.3. The van der Waals surface area contributed by atoms with Crippen molar-refractivity contribution in [2.45, 2.75) is 239 Å². The van der Waals surface area contributed by atoms with Crippen molar-refractivity contribution in [3.05, 3.63) is 41.7 Å². The Balaban J connectivity index is 1.22. The van der Waals surface area contributed by atoms with Crippen LogP contribution in [0.15, 0.2) is 35.4 Å². The number of aliphatic hydroxyl groups is 5. The fourth-order valence-electron chi connectivity index (χ4n) is 11.9. The molecular weight excluding hydrogens is 990 g/mol. The fraction of sp³-hybridized carbons (Fsp3) is 0.836. The molecule has 0 unspecified atom stereocenters. The van der Waals surface area contributed by atoms with E-state index in [1.807, 2.05) is 61.6 Å². The molecule has 2 aromatic rings. The summed E-state index contributed by atoms with van der Waals surface area (Å²) in [6.07, 6.45) is -2.70. The minimum Gasteiger partial charge on any atom is -0.459 e. The molecule has 6 rings (SSSR count). The van der Waals surface area contributed by atoms with Crippen molar-refractivity contribution >= 4 is 17.7 Å². The summed E-state index contributed by atoms with van der Waals surface area (Å²) in [5, 5.41) is 68.9. The maximum Gasteiger partial charge on any atom is 0.311 e. The number of likely N-dealkylation sites (N-methyl/N-ethyl adjacent to an activating group) is 2. The van der Waals surface area contributed by atoms with Gasteiger partial charge in [0.2, 0.25) is 0 Å². The van der Waals surface area contributed by atoms with E-state index in [9.17, 15) is 34.7 Å². The van der Waals surface area contributed by atoms with Crippen LogP contribution >= 0.6 is 11.8 Å². The lowest BCUT2D eigenvalue weighted by Gasteiger charge is -2.47. The number of nitrogens with zero attached hydrogens (tertiary/aromatic N) is 5. The number of aromatic nitrogens is 3. The third-order valence-electron chi connectivity index (χ3n) is 16.9. The lowest BCUT2D eigenvalue weighted by molar-refractivity contribution is -0.308. The Morgan fingerprint density at radius 3 is 2.27 bits per heavy atom. The molecule has 4 fully saturated rings. The van der Waals surface area contributed by atoms with E-state index in [0.717, 1.165) is 5.56 Å². The molecule has 1 aromatic heterocycles. The molecule has 18 nitrogen and oxygen atoms in total. The molecule has 428 valence electrons. The van der Waals surface area contributed by atoms with Crippen molar-refractivity contribution in [3.63, 3.8) is 0 Å². The number of methoxy groups -OCH3 is 2. The van der Waals surface area contributed by atoms with Gasteiger partial charge in [0.1, 0.15) is 48.8 Å². The zero-order valence-corrected chi connectivity index (χ0v) is 47.7. The lowest BCUT2D eigenvalue weighted by Crippen LogP contribution is -2.59. The number of ether oxygens (including phenoxy) is 7. The zero-order chi connectivity index (χ0) is 55.2. The quantitative estimate of drug-likeness (QED) is 0.118. The van der Waals surface area contributed by atoms with E-state index in [1.54, 1.807) is 54.8 Å². The molecule has 3 saturated heterocycles. The number of hydrogen-bond acceptors (Lipinski definition) is 18. The van der Waals surface area contributed by atoms with Crippen molar-refractivity contribution < 1.29 is 67.9 Å². The van der Waals surface area contributed by atoms with Gasteiger partial charge in [0.05, 0.1) is 47.2 Å². The summed E-state index contributed by atoms with van der Waals surface area (Å²) in [5.74, 6) is -1.97. The van der Waals surface area contributed by atoms with Gasteiger partial charge in [-0.2, -0.15) is 0 Å². The van der Waals surface area contributed by atoms with Gasteiger partial charge in [0, 0.05) is 75.0 Å². The van der Waals surface area contributed by atoms with Crippen LogP contribution in [-0.4, -0.2) is 200 Å². The molecule has 1 saturated carbocycles. The number of thioether (sulfide) groups is 1. The number of benzene rings is 1. The highest BCUT2D eigenvalue weighted by Gasteiger charge is 2.51. The summed E-state index contributed by atoms with van der Waals surface area (Å²) in [6.45, 7) is 15.8. The molecule has 75 heavy (non-hydrogen) atoms. The molecule has 19 atom stereocenters. The van der Waals surface area contributed by atoms with Crippen molar-refractivity contribution in [2.75, 3.05) is 48.1 Å². The summed E-state index contributed by atoms with van der Waals surface area (Å²) in [7, 11) is 6.80. The third kappa shape index (κ3) is 15.1. The van der Waals surface area contributed by atoms with Crippen LogP contribution in [0.4, 0.5) is 4.39 Å². The van der Waals surface area contributed by atoms with Crippen molar-refractivity contribution in [3.8, 4) is 0 Å². The largest absolute Gasteiger partial charge is 0.459 e. The summed E-state index contributed by atoms with van der Waals surface area (Å²) < 4.78 is 60.3. The number of alkyl halides is 1. The number of rotatable bonds is 17. The highest BCUT2D eigenvalue weighted by molar-refractivity contribution is 8.00. The van der Waals surface area contributed by atoms with Crippen molar-refractivity contribution in [2.24, 2.45) is 11.8 Å². The molecule has 0 spiro atoms. The average Bonchev–Trinajstić information content (AvgIpc) is 4.07. The van der Waals surface area contributed by atoms with Crippen LogP contribution in [0.3, 0.4) is 0 Å². The molecule has 20 heteroatoms. The van der Waals surface area contributed by atoms with Gasteiger partial charge < -0.3 is 68.5 Å². The topological polar surface area (TPSA) is 220 Å². The van der Waals surface area contributed by atoms with Crippen molar-refractivity contribution in [1.29, 1.82) is 0 Å². The minimum absolute atomic E-state index is 0.0966. The summed E-state index contributed by atoms with van der Waals surface area (Å²) in [5.41, 5.74) is -3.04. The third-order valence-corrected chi connectivity index (χ3v) is 18.3. The van der Waals surface area contributed by atoms with E-state index in [0.29, 0.717) is 36.9 Å². The SMILES string of the molecule is CC[C@H]1OC(=O)[C@H](C)[C@@H](O[C@H]2C[C@@](C)(OC)[C@@H](O)[C@H](C)O2)C[C@@H](O[C@@H]2O[C@H](C)C[C@H](N(C)CCc3cn([C@H](CF)[C@H](OC)c4ccc(SC5CCCC5)cc4)nn3)[C@H]2O)[C@](C)(O)C[C@@H](C)CN(C)[C@H](C)[C@@H](O)[C@]1(C)O. The van der Waals surface area contributed by atoms with Gasteiger partial charge in [-0.25, -0.2) is 9.07 Å². The number of aliphatic hydroxyl groups excluding tert-OH is 3. The highest BCUT2D eigenvalue weighted by Crippen LogP contribution is 2.40. The highest BCUT2D eigenvalue weighted by atomic mass is 32.2. The smallest absolute Gasteiger partial charge is 0.311 e. The molecule has 3 aliphatic heterocycles. The molecule has 5 N–H and O–H groups in total. The van der Waals surface area contributed by atoms with E-state index < -0.39 is 115 Å². The number of esters is 1. The minimum atomic E-state index is -1.84. The summed E-state index contributed by atoms with van der Waals surface area (Å²) in [6, 6.07) is 6.38. The first kappa shape index (κ1) is 61.8. The first-order valence-corrected chi connectivity index (χ1v) is 28.3.